The number of esters is 1. The van der Waals surface area contributed by atoms with Gasteiger partial charge in [-0.05, 0) is 86.8 Å². The lowest BCUT2D eigenvalue weighted by Gasteiger charge is -2.46. The van der Waals surface area contributed by atoms with Crippen LogP contribution in [0.4, 0.5) is 9.18 Å². The minimum absolute atomic E-state index is 0.168. The molecule has 6 nitrogen and oxygen atoms in total. The van der Waals surface area contributed by atoms with Gasteiger partial charge in [0, 0.05) is 12.8 Å². The maximum atomic E-state index is 14.5. The molecule has 0 radical (unpaired) electrons. The Morgan fingerprint density at radius 3 is 2.06 bits per heavy atom. The molecule has 0 N–H and O–H groups in total. The van der Waals surface area contributed by atoms with E-state index >= 15 is 0 Å². The first-order valence-electron chi connectivity index (χ1n) is 18.4. The summed E-state index contributed by atoms with van der Waals surface area (Å²) in [6.45, 7) is 12.6. The Morgan fingerprint density at radius 2 is 1.47 bits per heavy atom. The molecular formula is C45H49FO6Si. The van der Waals surface area contributed by atoms with E-state index in [1.165, 1.54) is 6.07 Å². The normalized spacial score (nSPS) is 20.6. The summed E-state index contributed by atoms with van der Waals surface area (Å²) in [6.07, 6.45) is 3.47. The Kier molecular flexibility index (Phi) is 11.2. The molecule has 276 valence electrons. The second kappa shape index (κ2) is 15.7. The van der Waals surface area contributed by atoms with Crippen LogP contribution in [0, 0.1) is 18.2 Å². The molecule has 4 aromatic rings. The smallest absolute Gasteiger partial charge is 0.458 e. The molecule has 0 saturated carbocycles. The number of para-hydroxylation sites is 1. The van der Waals surface area contributed by atoms with Gasteiger partial charge in [0.05, 0.1) is 12.5 Å². The standard InChI is InChI=1S/C45H49FO6Si/c1-31-26-32(22-25-41(31)46)39-28-36(51-43(48)50-33-16-10-7-11-17-33)30-45(5,6)40(39)24-23-34-27-35(29-42(47)49-34)52-53(44(2,3)4,37-18-12-8-13-19-37)38-20-14-9-15-21-38/h7-26,34-36H,27-30H2,1-6H3/b24-23+/t34-,35-,36+/m1/s1. The Hall–Kier alpha value is -4.79. The van der Waals surface area contributed by atoms with Crippen molar-refractivity contribution in [2.75, 3.05) is 0 Å². The van der Waals surface area contributed by atoms with Gasteiger partial charge in [-0.25, -0.2) is 9.18 Å². The summed E-state index contributed by atoms with van der Waals surface area (Å²) in [7, 11) is -2.91. The molecule has 6 rings (SSSR count). The summed E-state index contributed by atoms with van der Waals surface area (Å²) in [6, 6.07) is 34.7. The third kappa shape index (κ3) is 8.55. The first-order chi connectivity index (χ1) is 25.2. The molecule has 8 heteroatoms. The van der Waals surface area contributed by atoms with Crippen molar-refractivity contribution in [1.29, 1.82) is 0 Å². The van der Waals surface area contributed by atoms with Crippen LogP contribution in [0.1, 0.15) is 71.4 Å². The second-order valence-electron chi connectivity index (χ2n) is 15.8. The number of hydrogen-bond acceptors (Lipinski definition) is 6. The molecule has 1 saturated heterocycles. The summed E-state index contributed by atoms with van der Waals surface area (Å²) in [4.78, 5) is 26.1. The monoisotopic (exact) mass is 732 g/mol. The zero-order chi connectivity index (χ0) is 37.8. The zero-order valence-corrected chi connectivity index (χ0v) is 32.4. The van der Waals surface area contributed by atoms with Gasteiger partial charge in [-0.3, -0.25) is 4.79 Å². The molecule has 0 bridgehead atoms. The van der Waals surface area contributed by atoms with E-state index in [-0.39, 0.29) is 29.3 Å². The van der Waals surface area contributed by atoms with Crippen LogP contribution >= 0.6 is 0 Å². The lowest BCUT2D eigenvalue weighted by atomic mass is 9.69. The van der Waals surface area contributed by atoms with Crippen molar-refractivity contribution in [2.24, 2.45) is 5.41 Å². The van der Waals surface area contributed by atoms with Crippen LogP contribution in [0.15, 0.2) is 127 Å². The highest BCUT2D eigenvalue weighted by molar-refractivity contribution is 6.99. The molecular weight excluding hydrogens is 684 g/mol. The van der Waals surface area contributed by atoms with Crippen molar-refractivity contribution in [3.8, 4) is 5.75 Å². The number of ether oxygens (including phenoxy) is 3. The third-order valence-electron chi connectivity index (χ3n) is 10.3. The topological polar surface area (TPSA) is 71.1 Å². The summed E-state index contributed by atoms with van der Waals surface area (Å²) < 4.78 is 39.1. The minimum Gasteiger partial charge on any atom is -0.458 e. The average molecular weight is 733 g/mol. The molecule has 4 aromatic carbocycles. The van der Waals surface area contributed by atoms with E-state index in [1.54, 1.807) is 37.3 Å². The van der Waals surface area contributed by atoms with E-state index in [4.69, 9.17) is 18.6 Å². The van der Waals surface area contributed by atoms with Crippen LogP contribution < -0.4 is 15.1 Å². The fourth-order valence-corrected chi connectivity index (χ4v) is 12.6. The largest absolute Gasteiger partial charge is 0.514 e. The number of aryl methyl sites for hydroxylation is 1. The molecule has 1 aliphatic carbocycles. The van der Waals surface area contributed by atoms with Gasteiger partial charge in [0.25, 0.3) is 8.32 Å². The van der Waals surface area contributed by atoms with Crippen molar-refractivity contribution in [1.82, 2.24) is 0 Å². The summed E-state index contributed by atoms with van der Waals surface area (Å²) >= 11 is 0. The van der Waals surface area contributed by atoms with Gasteiger partial charge in [-0.15, -0.1) is 0 Å². The first-order valence-corrected chi connectivity index (χ1v) is 20.3. The van der Waals surface area contributed by atoms with E-state index in [0.29, 0.717) is 30.6 Å². The summed E-state index contributed by atoms with van der Waals surface area (Å²) in [5, 5.41) is 2.07. The SMILES string of the molecule is Cc1cc(C2=C(/C=C/[C@@H]3C[C@@H](O[Si](c4ccccc4)(c4ccccc4)C(C)(C)C)CC(=O)O3)C(C)(C)C[C@@H](OC(=O)Oc3ccccc3)C2)ccc1F. The molecule has 0 unspecified atom stereocenters. The molecule has 0 spiro atoms. The highest BCUT2D eigenvalue weighted by Gasteiger charge is 2.52. The zero-order valence-electron chi connectivity index (χ0n) is 31.4. The minimum atomic E-state index is -2.91. The molecule has 1 aliphatic heterocycles. The fraction of sp³-hybridized carbons (Fsp3) is 0.333. The lowest BCUT2D eigenvalue weighted by molar-refractivity contribution is -0.155. The Labute approximate surface area is 313 Å². The average Bonchev–Trinajstić information content (AvgIpc) is 3.11. The van der Waals surface area contributed by atoms with E-state index in [9.17, 15) is 14.0 Å². The van der Waals surface area contributed by atoms with Gasteiger partial charge in [0.1, 0.15) is 23.8 Å². The van der Waals surface area contributed by atoms with Gasteiger partial charge in [-0.1, -0.05) is 126 Å². The lowest BCUT2D eigenvalue weighted by Crippen LogP contribution is -2.68. The summed E-state index contributed by atoms with van der Waals surface area (Å²) in [5.41, 5.74) is 2.83. The second-order valence-corrected chi connectivity index (χ2v) is 20.0. The first kappa shape index (κ1) is 37.9. The number of benzene rings is 4. The molecule has 0 amide bonds. The van der Waals surface area contributed by atoms with Crippen molar-refractivity contribution < 1.29 is 32.6 Å². The van der Waals surface area contributed by atoms with Crippen molar-refractivity contribution in [3.05, 3.63) is 144 Å². The van der Waals surface area contributed by atoms with Crippen LogP contribution in [0.3, 0.4) is 0 Å². The predicted octanol–water partition coefficient (Wildman–Crippen LogP) is 9.50. The Morgan fingerprint density at radius 1 is 0.868 bits per heavy atom. The van der Waals surface area contributed by atoms with E-state index in [2.05, 4.69) is 83.1 Å². The maximum Gasteiger partial charge on any atom is 0.514 e. The van der Waals surface area contributed by atoms with E-state index in [1.807, 2.05) is 36.4 Å². The van der Waals surface area contributed by atoms with E-state index in [0.717, 1.165) is 27.1 Å². The van der Waals surface area contributed by atoms with Crippen molar-refractivity contribution >= 4 is 36.4 Å². The Balaban J connectivity index is 1.31. The number of allylic oxidation sites excluding steroid dienone is 2. The van der Waals surface area contributed by atoms with Crippen LogP contribution in [-0.2, 0) is 18.7 Å². The number of hydrogen-bond donors (Lipinski definition) is 0. The van der Waals surface area contributed by atoms with Crippen molar-refractivity contribution in [2.45, 2.75) is 90.6 Å². The van der Waals surface area contributed by atoms with Gasteiger partial charge >= 0.3 is 12.1 Å². The number of rotatable bonds is 9. The summed E-state index contributed by atoms with van der Waals surface area (Å²) in [5.74, 6) is -0.187. The molecule has 0 aromatic heterocycles. The number of carbonyl (C=O) groups excluding carboxylic acids is 2. The third-order valence-corrected chi connectivity index (χ3v) is 15.4. The highest BCUT2D eigenvalue weighted by Crippen LogP contribution is 2.46. The van der Waals surface area contributed by atoms with E-state index < -0.39 is 32.1 Å². The number of cyclic esters (lactones) is 1. The quantitative estimate of drug-likeness (QED) is 0.0971. The van der Waals surface area contributed by atoms with Gasteiger partial charge in [0.2, 0.25) is 0 Å². The van der Waals surface area contributed by atoms with Gasteiger partial charge in [-0.2, -0.15) is 0 Å². The van der Waals surface area contributed by atoms with Gasteiger partial charge < -0.3 is 18.6 Å². The molecule has 2 aliphatic rings. The van der Waals surface area contributed by atoms with Gasteiger partial charge in [0.15, 0.2) is 0 Å². The highest BCUT2D eigenvalue weighted by atomic mass is 28.4. The number of halogens is 1. The molecule has 1 fully saturated rings. The van der Waals surface area contributed by atoms with Crippen molar-refractivity contribution in [3.63, 3.8) is 0 Å². The molecule has 3 atom stereocenters. The fourth-order valence-electron chi connectivity index (χ4n) is 7.90. The maximum absolute atomic E-state index is 14.5. The molecule has 1 heterocycles. The van der Waals surface area contributed by atoms with Crippen LogP contribution in [0.25, 0.3) is 5.57 Å². The molecule has 53 heavy (non-hydrogen) atoms. The van der Waals surface area contributed by atoms with Crippen LogP contribution in [-0.4, -0.2) is 38.8 Å². The van der Waals surface area contributed by atoms with Crippen LogP contribution in [0.2, 0.25) is 5.04 Å². The van der Waals surface area contributed by atoms with Crippen LogP contribution in [0.5, 0.6) is 5.75 Å². The predicted molar refractivity (Wildman–Crippen MR) is 209 cm³/mol. The number of carbonyl (C=O) groups is 2. The Bertz CT molecular complexity index is 1930.